The van der Waals surface area contributed by atoms with E-state index in [1.807, 2.05) is 61.7 Å². The maximum absolute atomic E-state index is 12.7. The number of carbonyl (C=O) groups excluding carboxylic acids is 2. The van der Waals surface area contributed by atoms with Gasteiger partial charge in [-0.15, -0.1) is 16.8 Å². The molecule has 1 atom stereocenters. The molecule has 34 heavy (non-hydrogen) atoms. The second kappa shape index (κ2) is 11.5. The molecule has 0 radical (unpaired) electrons. The third-order valence-electron chi connectivity index (χ3n) is 5.03. The fourth-order valence-corrected chi connectivity index (χ4v) is 4.15. The lowest BCUT2D eigenvalue weighted by molar-refractivity contribution is -0.113. The first-order valence-corrected chi connectivity index (χ1v) is 11.8. The minimum absolute atomic E-state index is 0.135. The largest absolute Gasteiger partial charge is 0.495 e. The second-order valence-corrected chi connectivity index (χ2v) is 8.79. The van der Waals surface area contributed by atoms with Gasteiger partial charge in [-0.25, -0.2) is 0 Å². The van der Waals surface area contributed by atoms with Crippen molar-refractivity contribution in [1.82, 2.24) is 20.1 Å². The third kappa shape index (κ3) is 6.26. The minimum Gasteiger partial charge on any atom is -0.495 e. The second-order valence-electron chi connectivity index (χ2n) is 7.85. The van der Waals surface area contributed by atoms with Crippen molar-refractivity contribution < 1.29 is 14.3 Å². The van der Waals surface area contributed by atoms with Crippen molar-refractivity contribution in [2.45, 2.75) is 38.5 Å². The van der Waals surface area contributed by atoms with Crippen LogP contribution >= 0.6 is 11.8 Å². The molecule has 0 saturated carbocycles. The SMILES string of the molecule is C=CCn1c(SCC(=O)Nc2cc(C)ccc2OC)nnc1[C@@H](C)NC(=O)c1cccc(C)c1. The Balaban J connectivity index is 1.68. The lowest BCUT2D eigenvalue weighted by Crippen LogP contribution is -2.29. The quantitative estimate of drug-likeness (QED) is 0.332. The van der Waals surface area contributed by atoms with Gasteiger partial charge in [-0.05, 0) is 50.6 Å². The summed E-state index contributed by atoms with van der Waals surface area (Å²) in [4.78, 5) is 25.2. The molecule has 1 heterocycles. The van der Waals surface area contributed by atoms with E-state index in [2.05, 4.69) is 27.4 Å². The highest BCUT2D eigenvalue weighted by Crippen LogP contribution is 2.26. The number of aryl methyl sites for hydroxylation is 2. The summed E-state index contributed by atoms with van der Waals surface area (Å²) in [5.41, 5.74) is 3.23. The number of carbonyl (C=O) groups is 2. The summed E-state index contributed by atoms with van der Waals surface area (Å²) >= 11 is 1.26. The highest BCUT2D eigenvalue weighted by molar-refractivity contribution is 7.99. The van der Waals surface area contributed by atoms with Crippen LogP contribution in [0, 0.1) is 13.8 Å². The maximum Gasteiger partial charge on any atom is 0.251 e. The highest BCUT2D eigenvalue weighted by Gasteiger charge is 2.21. The number of ether oxygens (including phenoxy) is 1. The van der Waals surface area contributed by atoms with Gasteiger partial charge in [-0.2, -0.15) is 0 Å². The molecule has 178 valence electrons. The van der Waals surface area contributed by atoms with Crippen LogP contribution in [0.3, 0.4) is 0 Å². The van der Waals surface area contributed by atoms with Gasteiger partial charge in [0.25, 0.3) is 5.91 Å². The molecule has 0 aliphatic rings. The molecule has 0 spiro atoms. The number of hydrogen-bond acceptors (Lipinski definition) is 6. The predicted octanol–water partition coefficient (Wildman–Crippen LogP) is 4.31. The minimum atomic E-state index is -0.389. The monoisotopic (exact) mass is 479 g/mol. The molecule has 1 aromatic heterocycles. The number of aromatic nitrogens is 3. The lowest BCUT2D eigenvalue weighted by Gasteiger charge is -2.15. The standard InChI is InChI=1S/C25H29N5O3S/c1-6-12-30-23(18(4)26-24(32)19-9-7-8-16(2)13-19)28-29-25(30)34-15-22(31)27-20-14-17(3)10-11-21(20)33-5/h6-11,13-14,18H,1,12,15H2,2-5H3,(H,26,32)(H,27,31)/t18-/m1/s1. The number of anilines is 1. The van der Waals surface area contributed by atoms with Crippen molar-refractivity contribution in [2.75, 3.05) is 18.2 Å². The molecule has 2 aromatic carbocycles. The summed E-state index contributed by atoms with van der Waals surface area (Å²) in [5.74, 6) is 0.939. The third-order valence-corrected chi connectivity index (χ3v) is 6.00. The van der Waals surface area contributed by atoms with Crippen LogP contribution in [0.1, 0.15) is 40.3 Å². The zero-order valence-corrected chi connectivity index (χ0v) is 20.6. The molecule has 0 saturated heterocycles. The Morgan fingerprint density at radius 2 is 1.94 bits per heavy atom. The first kappa shape index (κ1) is 25.0. The summed E-state index contributed by atoms with van der Waals surface area (Å²) in [7, 11) is 1.56. The number of methoxy groups -OCH3 is 1. The van der Waals surface area contributed by atoms with Crippen LogP contribution in [0.2, 0.25) is 0 Å². The van der Waals surface area contributed by atoms with E-state index in [-0.39, 0.29) is 23.6 Å². The van der Waals surface area contributed by atoms with Crippen LogP contribution in [0.25, 0.3) is 0 Å². The summed E-state index contributed by atoms with van der Waals surface area (Å²) < 4.78 is 7.17. The zero-order valence-electron chi connectivity index (χ0n) is 19.8. The Morgan fingerprint density at radius 3 is 2.65 bits per heavy atom. The van der Waals surface area contributed by atoms with Gasteiger partial charge in [0.2, 0.25) is 5.91 Å². The van der Waals surface area contributed by atoms with Crippen LogP contribution in [-0.2, 0) is 11.3 Å². The number of rotatable bonds is 10. The van der Waals surface area contributed by atoms with Gasteiger partial charge >= 0.3 is 0 Å². The summed E-state index contributed by atoms with van der Waals surface area (Å²) in [5, 5.41) is 14.9. The van der Waals surface area contributed by atoms with E-state index in [4.69, 9.17) is 4.74 Å². The molecule has 0 bridgehead atoms. The fraction of sp³-hybridized carbons (Fsp3) is 0.280. The maximum atomic E-state index is 12.7. The Hall–Kier alpha value is -3.59. The van der Waals surface area contributed by atoms with E-state index >= 15 is 0 Å². The van der Waals surface area contributed by atoms with Gasteiger partial charge in [0.15, 0.2) is 11.0 Å². The van der Waals surface area contributed by atoms with Gasteiger partial charge in [-0.1, -0.05) is 41.6 Å². The van der Waals surface area contributed by atoms with E-state index in [1.165, 1.54) is 11.8 Å². The number of nitrogens with one attached hydrogen (secondary N) is 2. The van der Waals surface area contributed by atoms with E-state index in [9.17, 15) is 9.59 Å². The van der Waals surface area contributed by atoms with Gasteiger partial charge in [0.1, 0.15) is 5.75 Å². The van der Waals surface area contributed by atoms with Gasteiger partial charge in [-0.3, -0.25) is 9.59 Å². The van der Waals surface area contributed by atoms with Gasteiger partial charge < -0.3 is 19.9 Å². The summed E-state index contributed by atoms with van der Waals surface area (Å²) in [6.45, 7) is 9.99. The molecule has 2 N–H and O–H groups in total. The number of allylic oxidation sites excluding steroid dienone is 1. The van der Waals surface area contributed by atoms with E-state index in [1.54, 1.807) is 19.3 Å². The molecular weight excluding hydrogens is 450 g/mol. The van der Waals surface area contributed by atoms with Crippen LogP contribution in [-0.4, -0.2) is 39.4 Å². The van der Waals surface area contributed by atoms with Crippen molar-refractivity contribution in [3.63, 3.8) is 0 Å². The lowest BCUT2D eigenvalue weighted by atomic mass is 10.1. The van der Waals surface area contributed by atoms with Gasteiger partial charge in [0, 0.05) is 12.1 Å². The molecular formula is C25H29N5O3S. The average molecular weight is 480 g/mol. The molecule has 0 aliphatic heterocycles. The summed E-state index contributed by atoms with van der Waals surface area (Å²) in [6, 6.07) is 12.6. The number of benzene rings is 2. The first-order chi connectivity index (χ1) is 16.3. The Morgan fingerprint density at radius 1 is 1.18 bits per heavy atom. The van der Waals surface area contributed by atoms with Crippen LogP contribution < -0.4 is 15.4 Å². The molecule has 8 nitrogen and oxygen atoms in total. The van der Waals surface area contributed by atoms with E-state index < -0.39 is 0 Å². The predicted molar refractivity (Wildman–Crippen MR) is 134 cm³/mol. The first-order valence-electron chi connectivity index (χ1n) is 10.8. The molecule has 9 heteroatoms. The zero-order chi connectivity index (χ0) is 24.7. The van der Waals surface area contributed by atoms with Crippen molar-refractivity contribution in [2.24, 2.45) is 0 Å². The molecule has 3 rings (SSSR count). The van der Waals surface area contributed by atoms with Crippen LogP contribution in [0.5, 0.6) is 5.75 Å². The van der Waals surface area contributed by atoms with Crippen molar-refractivity contribution in [3.05, 3.63) is 77.6 Å². The number of nitrogens with zero attached hydrogens (tertiary/aromatic N) is 3. The highest BCUT2D eigenvalue weighted by atomic mass is 32.2. The molecule has 0 fully saturated rings. The Kier molecular flexibility index (Phi) is 8.48. The normalized spacial score (nSPS) is 11.5. The fourth-order valence-electron chi connectivity index (χ4n) is 3.39. The van der Waals surface area contributed by atoms with Gasteiger partial charge in [0.05, 0.1) is 24.6 Å². The Bertz CT molecular complexity index is 1190. The summed E-state index contributed by atoms with van der Waals surface area (Å²) in [6.07, 6.45) is 1.73. The Labute approximate surface area is 203 Å². The van der Waals surface area contributed by atoms with Crippen molar-refractivity contribution >= 4 is 29.3 Å². The number of thioether (sulfide) groups is 1. The van der Waals surface area contributed by atoms with Crippen molar-refractivity contribution in [3.8, 4) is 5.75 Å². The van der Waals surface area contributed by atoms with E-state index in [0.717, 1.165) is 11.1 Å². The van der Waals surface area contributed by atoms with Crippen molar-refractivity contribution in [1.29, 1.82) is 0 Å². The van der Waals surface area contributed by atoms with Crippen LogP contribution in [0.15, 0.2) is 60.3 Å². The van der Waals surface area contributed by atoms with Crippen LogP contribution in [0.4, 0.5) is 5.69 Å². The number of amides is 2. The average Bonchev–Trinajstić information content (AvgIpc) is 3.21. The molecule has 3 aromatic rings. The number of hydrogen-bond donors (Lipinski definition) is 2. The molecule has 2 amide bonds. The molecule has 0 aliphatic carbocycles. The van der Waals surface area contributed by atoms with E-state index in [0.29, 0.717) is 34.5 Å². The topological polar surface area (TPSA) is 98.1 Å². The molecule has 0 unspecified atom stereocenters. The smallest absolute Gasteiger partial charge is 0.251 e.